The number of thiophene rings is 1. The summed E-state index contributed by atoms with van der Waals surface area (Å²) in [7, 11) is 1.64. The summed E-state index contributed by atoms with van der Waals surface area (Å²) < 4.78 is 5.34. The molecule has 0 saturated carbocycles. The molecule has 0 unspecified atom stereocenters. The van der Waals surface area contributed by atoms with E-state index in [0.717, 1.165) is 46.9 Å². The second-order valence-electron chi connectivity index (χ2n) is 6.92. The Hall–Kier alpha value is -2.38. The monoisotopic (exact) mass is 402 g/mol. The number of methoxy groups -OCH3 is 1. The van der Waals surface area contributed by atoms with Gasteiger partial charge in [0.25, 0.3) is 0 Å². The normalized spacial score (nSPS) is 18.1. The number of aliphatic carboxylic acids is 1. The zero-order chi connectivity index (χ0) is 19.9. The van der Waals surface area contributed by atoms with Crippen LogP contribution < -0.4 is 4.74 Å². The number of carboxylic acid groups (broad SMARTS) is 1. The molecule has 1 aliphatic rings. The Bertz CT molecular complexity index is 833. The van der Waals surface area contributed by atoms with Gasteiger partial charge in [0, 0.05) is 18.7 Å². The van der Waals surface area contributed by atoms with Crippen LogP contribution in [0, 0.1) is 12.8 Å². The van der Waals surface area contributed by atoms with Crippen molar-refractivity contribution in [2.24, 2.45) is 11.1 Å². The Kier molecular flexibility index (Phi) is 7.06. The summed E-state index contributed by atoms with van der Waals surface area (Å²) >= 11 is 1.63. The Balaban J connectivity index is 1.68. The first-order valence-corrected chi connectivity index (χ1v) is 10.3. The van der Waals surface area contributed by atoms with Crippen LogP contribution in [0.1, 0.15) is 28.8 Å². The quantitative estimate of drug-likeness (QED) is 0.415. The fourth-order valence-corrected chi connectivity index (χ4v) is 4.28. The predicted octanol–water partition coefficient (Wildman–Crippen LogP) is 3.63. The summed E-state index contributed by atoms with van der Waals surface area (Å²) in [5.74, 6) is -0.220. The summed E-state index contributed by atoms with van der Waals surface area (Å²) in [5, 5.41) is 15.7. The van der Waals surface area contributed by atoms with Gasteiger partial charge < -0.3 is 14.7 Å². The molecule has 0 radical (unpaired) electrons. The maximum atomic E-state index is 11.2. The van der Waals surface area contributed by atoms with Crippen LogP contribution in [0.4, 0.5) is 0 Å². The number of aryl methyl sites for hydroxylation is 1. The minimum absolute atomic E-state index is 0.279. The number of piperidine rings is 1. The van der Waals surface area contributed by atoms with E-state index in [2.05, 4.69) is 23.0 Å². The number of oxime groups is 1. The van der Waals surface area contributed by atoms with Gasteiger partial charge in [-0.1, -0.05) is 17.3 Å². The lowest BCUT2D eigenvalue weighted by Gasteiger charge is -2.29. The maximum Gasteiger partial charge on any atom is 0.307 e. The van der Waals surface area contributed by atoms with Gasteiger partial charge in [-0.2, -0.15) is 0 Å². The number of benzene rings is 1. The molecule has 1 fully saturated rings. The van der Waals surface area contributed by atoms with E-state index in [-0.39, 0.29) is 5.92 Å². The molecule has 1 aliphatic heterocycles. The van der Waals surface area contributed by atoms with Gasteiger partial charge in [0.15, 0.2) is 0 Å². The van der Waals surface area contributed by atoms with Crippen LogP contribution in [0.3, 0.4) is 0 Å². The second-order valence-corrected chi connectivity index (χ2v) is 7.83. The van der Waals surface area contributed by atoms with Crippen LogP contribution in [0.5, 0.6) is 5.75 Å². The van der Waals surface area contributed by atoms with Crippen molar-refractivity contribution in [3.63, 3.8) is 0 Å². The minimum Gasteiger partial charge on any atom is -0.497 e. The third-order valence-electron chi connectivity index (χ3n) is 4.93. The molecule has 6 nitrogen and oxygen atoms in total. The van der Waals surface area contributed by atoms with E-state index in [1.807, 2.05) is 29.6 Å². The van der Waals surface area contributed by atoms with Crippen molar-refractivity contribution in [2.45, 2.75) is 19.8 Å². The Morgan fingerprint density at radius 3 is 2.96 bits per heavy atom. The molecule has 1 aromatic heterocycles. The Morgan fingerprint density at radius 2 is 2.25 bits per heavy atom. The van der Waals surface area contributed by atoms with Crippen LogP contribution in [0.2, 0.25) is 0 Å². The third kappa shape index (κ3) is 5.11. The minimum atomic E-state index is -0.711. The lowest BCUT2D eigenvalue weighted by Crippen LogP contribution is -2.40. The van der Waals surface area contributed by atoms with E-state index in [0.29, 0.717) is 19.7 Å². The van der Waals surface area contributed by atoms with E-state index >= 15 is 0 Å². The molecule has 3 rings (SSSR count). The van der Waals surface area contributed by atoms with E-state index in [4.69, 9.17) is 9.57 Å². The second kappa shape index (κ2) is 9.71. The molecule has 0 spiro atoms. The zero-order valence-electron chi connectivity index (χ0n) is 16.3. The molecule has 0 bridgehead atoms. The molecule has 1 saturated heterocycles. The molecule has 1 aromatic carbocycles. The lowest BCUT2D eigenvalue weighted by atomic mass is 9.98. The van der Waals surface area contributed by atoms with Gasteiger partial charge in [-0.25, -0.2) is 0 Å². The van der Waals surface area contributed by atoms with Crippen molar-refractivity contribution in [3.8, 4) is 5.75 Å². The number of ether oxygens (including phenoxy) is 1. The molecular formula is C21H26N2O4S. The smallest absolute Gasteiger partial charge is 0.307 e. The fourth-order valence-electron chi connectivity index (χ4n) is 3.35. The first-order chi connectivity index (χ1) is 13.6. The largest absolute Gasteiger partial charge is 0.497 e. The molecule has 2 heterocycles. The van der Waals surface area contributed by atoms with Gasteiger partial charge >= 0.3 is 5.97 Å². The highest BCUT2D eigenvalue weighted by atomic mass is 32.1. The third-order valence-corrected chi connectivity index (χ3v) is 5.95. The van der Waals surface area contributed by atoms with E-state index in [1.165, 1.54) is 0 Å². The van der Waals surface area contributed by atoms with Gasteiger partial charge in [-0.05, 0) is 55.5 Å². The summed E-state index contributed by atoms with van der Waals surface area (Å²) in [4.78, 5) is 20.1. The average Bonchev–Trinajstić information content (AvgIpc) is 3.14. The van der Waals surface area contributed by atoms with E-state index in [1.54, 1.807) is 18.4 Å². The first kappa shape index (κ1) is 20.4. The molecule has 1 N–H and O–H groups in total. The summed E-state index contributed by atoms with van der Waals surface area (Å²) in [6, 6.07) is 9.84. The molecule has 0 amide bonds. The highest BCUT2D eigenvalue weighted by Crippen LogP contribution is 2.23. The molecule has 2 aromatic rings. The van der Waals surface area contributed by atoms with Gasteiger partial charge in [0.2, 0.25) is 0 Å². The van der Waals surface area contributed by atoms with Crippen LogP contribution in [0.15, 0.2) is 40.9 Å². The number of hydrogen-bond donors (Lipinski definition) is 1. The Labute approximate surface area is 169 Å². The summed E-state index contributed by atoms with van der Waals surface area (Å²) in [6.45, 7) is 4.63. The summed E-state index contributed by atoms with van der Waals surface area (Å²) in [5.41, 5.74) is 2.87. The van der Waals surface area contributed by atoms with Gasteiger partial charge in [0.05, 0.1) is 17.9 Å². The molecule has 0 aliphatic carbocycles. The number of nitrogens with zero attached hydrogens (tertiary/aromatic N) is 2. The van der Waals surface area contributed by atoms with Crippen LogP contribution in [0.25, 0.3) is 0 Å². The fraction of sp³-hybridized carbons (Fsp3) is 0.429. The molecule has 7 heteroatoms. The zero-order valence-corrected chi connectivity index (χ0v) is 17.1. The van der Waals surface area contributed by atoms with Crippen molar-refractivity contribution in [2.75, 3.05) is 33.4 Å². The van der Waals surface area contributed by atoms with E-state index < -0.39 is 5.97 Å². The van der Waals surface area contributed by atoms with Gasteiger partial charge in [-0.15, -0.1) is 11.3 Å². The van der Waals surface area contributed by atoms with Crippen molar-refractivity contribution < 1.29 is 19.5 Å². The van der Waals surface area contributed by atoms with Crippen molar-refractivity contribution in [3.05, 3.63) is 51.7 Å². The number of carbonyl (C=O) groups is 1. The Morgan fingerprint density at radius 1 is 1.39 bits per heavy atom. The number of rotatable bonds is 8. The molecule has 1 atom stereocenters. The summed E-state index contributed by atoms with van der Waals surface area (Å²) in [6.07, 6.45) is 1.66. The van der Waals surface area contributed by atoms with E-state index in [9.17, 15) is 9.90 Å². The SMILES string of the molecule is COc1cccc(/C(=N\OCCN2CCC[C@@H](C(=O)O)C2)c2sccc2C)c1. The van der Waals surface area contributed by atoms with Crippen LogP contribution in [-0.2, 0) is 9.63 Å². The molecule has 150 valence electrons. The van der Waals surface area contributed by atoms with Gasteiger partial charge in [0.1, 0.15) is 18.1 Å². The van der Waals surface area contributed by atoms with Crippen molar-refractivity contribution in [1.82, 2.24) is 4.90 Å². The number of carboxylic acids is 1. The molecule has 28 heavy (non-hydrogen) atoms. The maximum absolute atomic E-state index is 11.2. The lowest BCUT2D eigenvalue weighted by molar-refractivity contribution is -0.143. The number of hydrogen-bond acceptors (Lipinski definition) is 6. The van der Waals surface area contributed by atoms with Crippen molar-refractivity contribution in [1.29, 1.82) is 0 Å². The standard InChI is InChI=1S/C21H26N2O4S/c1-15-8-12-28-20(15)19(16-5-3-7-18(13-16)26-2)22-27-11-10-23-9-4-6-17(14-23)21(24)25/h3,5,7-8,12-13,17H,4,6,9-11,14H2,1-2H3,(H,24,25)/b22-19+/t17-/m1/s1. The first-order valence-electron chi connectivity index (χ1n) is 9.42. The predicted molar refractivity (Wildman–Crippen MR) is 110 cm³/mol. The molecular weight excluding hydrogens is 376 g/mol. The highest BCUT2D eigenvalue weighted by Gasteiger charge is 2.25. The van der Waals surface area contributed by atoms with Crippen molar-refractivity contribution >= 4 is 23.0 Å². The number of likely N-dealkylation sites (tertiary alicyclic amines) is 1. The average molecular weight is 403 g/mol. The topological polar surface area (TPSA) is 71.4 Å². The van der Waals surface area contributed by atoms with Crippen LogP contribution >= 0.6 is 11.3 Å². The van der Waals surface area contributed by atoms with Crippen LogP contribution in [-0.4, -0.2) is 55.0 Å². The highest BCUT2D eigenvalue weighted by molar-refractivity contribution is 7.12. The van der Waals surface area contributed by atoms with Gasteiger partial charge in [-0.3, -0.25) is 9.69 Å².